The zero-order valence-corrected chi connectivity index (χ0v) is 13.3. The van der Waals surface area contributed by atoms with Gasteiger partial charge in [0.05, 0.1) is 6.61 Å². The summed E-state index contributed by atoms with van der Waals surface area (Å²) in [6.07, 6.45) is -2.23. The Morgan fingerprint density at radius 2 is 1.83 bits per heavy atom. The number of nitrogens with one attached hydrogen (secondary N) is 2. The van der Waals surface area contributed by atoms with Gasteiger partial charge in [-0.05, 0) is 19.4 Å². The van der Waals surface area contributed by atoms with Crippen molar-refractivity contribution in [2.24, 2.45) is 5.73 Å². The highest BCUT2D eigenvalue weighted by Crippen LogP contribution is 2.20. The van der Waals surface area contributed by atoms with Crippen LogP contribution in [0.2, 0.25) is 0 Å². The standard InChI is InChI=1S/C14H27N3O6/c1-8(19)16-11-13(22)12(21)9(7-18)23-14(11)17-10(20)5-3-2-4-6-15/h9,11-14,18,21-22H,2-7,15H2,1H3,(H,16,19)(H,17,20)/t9-,11-,12+,13+,14-/m0/s1. The van der Waals surface area contributed by atoms with Crippen LogP contribution in [0.4, 0.5) is 0 Å². The quantitative estimate of drug-likeness (QED) is 0.270. The fraction of sp³-hybridized carbons (Fsp3) is 0.857. The van der Waals surface area contributed by atoms with Gasteiger partial charge < -0.3 is 36.4 Å². The molecule has 23 heavy (non-hydrogen) atoms. The van der Waals surface area contributed by atoms with Crippen molar-refractivity contribution >= 4 is 11.8 Å². The smallest absolute Gasteiger partial charge is 0.222 e. The summed E-state index contributed by atoms with van der Waals surface area (Å²) in [5.41, 5.74) is 5.38. The fourth-order valence-corrected chi connectivity index (χ4v) is 2.47. The third-order valence-corrected chi connectivity index (χ3v) is 3.71. The van der Waals surface area contributed by atoms with Gasteiger partial charge in [0.25, 0.3) is 0 Å². The first-order chi connectivity index (χ1) is 10.9. The van der Waals surface area contributed by atoms with Crippen molar-refractivity contribution in [3.8, 4) is 0 Å². The van der Waals surface area contributed by atoms with Crippen LogP contribution in [0.3, 0.4) is 0 Å². The van der Waals surface area contributed by atoms with E-state index in [1.165, 1.54) is 6.92 Å². The molecule has 2 amide bonds. The van der Waals surface area contributed by atoms with E-state index < -0.39 is 43.1 Å². The minimum Gasteiger partial charge on any atom is -0.394 e. The van der Waals surface area contributed by atoms with Crippen LogP contribution in [-0.4, -0.2) is 70.9 Å². The molecule has 9 heteroatoms. The van der Waals surface area contributed by atoms with E-state index >= 15 is 0 Å². The number of unbranched alkanes of at least 4 members (excludes halogenated alkanes) is 2. The average Bonchev–Trinajstić information content (AvgIpc) is 2.50. The molecule has 1 heterocycles. The number of rotatable bonds is 8. The van der Waals surface area contributed by atoms with Crippen LogP contribution in [0.5, 0.6) is 0 Å². The molecular weight excluding hydrogens is 306 g/mol. The molecule has 1 aliphatic heterocycles. The topological polar surface area (TPSA) is 154 Å². The zero-order valence-electron chi connectivity index (χ0n) is 13.3. The van der Waals surface area contributed by atoms with Crippen LogP contribution in [0, 0.1) is 0 Å². The van der Waals surface area contributed by atoms with Gasteiger partial charge in [-0.15, -0.1) is 0 Å². The van der Waals surface area contributed by atoms with Crippen LogP contribution in [0.15, 0.2) is 0 Å². The highest BCUT2D eigenvalue weighted by Gasteiger charge is 2.45. The molecule has 0 aliphatic carbocycles. The maximum absolute atomic E-state index is 11.9. The Hall–Kier alpha value is -1.26. The summed E-state index contributed by atoms with van der Waals surface area (Å²) >= 11 is 0. The van der Waals surface area contributed by atoms with Crippen LogP contribution >= 0.6 is 0 Å². The van der Waals surface area contributed by atoms with Gasteiger partial charge >= 0.3 is 0 Å². The van der Waals surface area contributed by atoms with Crippen LogP contribution < -0.4 is 16.4 Å². The molecule has 5 atom stereocenters. The normalized spacial score (nSPS) is 30.7. The SMILES string of the molecule is CC(=O)N[C@H]1[C@@H](O)[C@H](O)[C@H](CO)O[C@@H]1NC(=O)CCCCCN. The lowest BCUT2D eigenvalue weighted by Gasteiger charge is -2.42. The predicted molar refractivity (Wildman–Crippen MR) is 81.0 cm³/mol. The van der Waals surface area contributed by atoms with Crippen LogP contribution in [0.1, 0.15) is 32.6 Å². The number of hydrogen-bond donors (Lipinski definition) is 6. The van der Waals surface area contributed by atoms with E-state index in [1.54, 1.807) is 0 Å². The molecule has 134 valence electrons. The third-order valence-electron chi connectivity index (χ3n) is 3.71. The lowest BCUT2D eigenvalue weighted by atomic mass is 9.95. The Bertz CT molecular complexity index is 395. The number of carbonyl (C=O) groups is 2. The minimum atomic E-state index is -1.37. The second-order valence-electron chi connectivity index (χ2n) is 5.65. The highest BCUT2D eigenvalue weighted by atomic mass is 16.5. The summed E-state index contributed by atoms with van der Waals surface area (Å²) < 4.78 is 5.40. The number of ether oxygens (including phenoxy) is 1. The summed E-state index contributed by atoms with van der Waals surface area (Å²) in [6.45, 7) is 1.30. The largest absolute Gasteiger partial charge is 0.394 e. The number of nitrogens with two attached hydrogens (primary N) is 1. The lowest BCUT2D eigenvalue weighted by molar-refractivity contribution is -0.203. The van der Waals surface area contributed by atoms with Crippen molar-refractivity contribution < 1.29 is 29.6 Å². The van der Waals surface area contributed by atoms with Gasteiger partial charge in [-0.2, -0.15) is 0 Å². The fourth-order valence-electron chi connectivity index (χ4n) is 2.47. The summed E-state index contributed by atoms with van der Waals surface area (Å²) in [4.78, 5) is 23.2. The van der Waals surface area contributed by atoms with Crippen molar-refractivity contribution in [3.63, 3.8) is 0 Å². The van der Waals surface area contributed by atoms with Gasteiger partial charge in [0.15, 0.2) is 6.23 Å². The molecule has 7 N–H and O–H groups in total. The monoisotopic (exact) mass is 333 g/mol. The molecule has 0 aromatic carbocycles. The molecule has 1 saturated heterocycles. The molecule has 0 unspecified atom stereocenters. The lowest BCUT2D eigenvalue weighted by Crippen LogP contribution is -2.68. The Morgan fingerprint density at radius 3 is 2.39 bits per heavy atom. The molecule has 0 aromatic rings. The van der Waals surface area contributed by atoms with Gasteiger partial charge in [-0.25, -0.2) is 0 Å². The first-order valence-electron chi connectivity index (χ1n) is 7.79. The first kappa shape index (κ1) is 19.8. The molecular formula is C14H27N3O6. The van der Waals surface area contributed by atoms with E-state index in [2.05, 4.69) is 10.6 Å². The summed E-state index contributed by atoms with van der Waals surface area (Å²) in [7, 11) is 0. The summed E-state index contributed by atoms with van der Waals surface area (Å²) in [5.74, 6) is -0.739. The van der Waals surface area contributed by atoms with Gasteiger partial charge in [0.1, 0.15) is 24.4 Å². The molecule has 0 bridgehead atoms. The Labute approximate surface area is 135 Å². The highest BCUT2D eigenvalue weighted by molar-refractivity contribution is 5.76. The van der Waals surface area contributed by atoms with E-state index in [4.69, 9.17) is 10.5 Å². The molecule has 1 fully saturated rings. The molecule has 0 aromatic heterocycles. The molecule has 1 aliphatic rings. The summed E-state index contributed by atoms with van der Waals surface area (Å²) in [5, 5.41) is 34.2. The second-order valence-corrected chi connectivity index (χ2v) is 5.65. The van der Waals surface area contributed by atoms with Crippen molar-refractivity contribution in [1.29, 1.82) is 0 Å². The van der Waals surface area contributed by atoms with E-state index in [0.29, 0.717) is 13.0 Å². The maximum atomic E-state index is 11.9. The van der Waals surface area contributed by atoms with Crippen molar-refractivity contribution in [1.82, 2.24) is 10.6 Å². The van der Waals surface area contributed by atoms with Gasteiger partial charge in [-0.1, -0.05) is 6.42 Å². The van der Waals surface area contributed by atoms with Gasteiger partial charge in [-0.3, -0.25) is 9.59 Å². The molecule has 0 spiro atoms. The Kier molecular flexibility index (Phi) is 8.42. The van der Waals surface area contributed by atoms with E-state index in [1.807, 2.05) is 0 Å². The van der Waals surface area contributed by atoms with E-state index in [-0.39, 0.29) is 12.3 Å². The van der Waals surface area contributed by atoms with Gasteiger partial charge in [0, 0.05) is 13.3 Å². The molecule has 1 rings (SSSR count). The number of aliphatic hydroxyl groups excluding tert-OH is 3. The third kappa shape index (κ3) is 6.04. The number of hydrogen-bond acceptors (Lipinski definition) is 7. The van der Waals surface area contributed by atoms with Crippen LogP contribution in [-0.2, 0) is 14.3 Å². The first-order valence-corrected chi connectivity index (χ1v) is 7.79. The molecule has 9 nitrogen and oxygen atoms in total. The van der Waals surface area contributed by atoms with E-state index in [0.717, 1.165) is 12.8 Å². The zero-order chi connectivity index (χ0) is 17.4. The van der Waals surface area contributed by atoms with E-state index in [9.17, 15) is 24.9 Å². The number of amides is 2. The van der Waals surface area contributed by atoms with Crippen molar-refractivity contribution in [2.75, 3.05) is 13.2 Å². The van der Waals surface area contributed by atoms with Gasteiger partial charge in [0.2, 0.25) is 11.8 Å². The average molecular weight is 333 g/mol. The Morgan fingerprint density at radius 1 is 1.13 bits per heavy atom. The number of aliphatic hydroxyl groups is 3. The molecule has 0 saturated carbocycles. The number of carbonyl (C=O) groups excluding carboxylic acids is 2. The second kappa shape index (κ2) is 9.78. The molecule has 0 radical (unpaired) electrons. The van der Waals surface area contributed by atoms with Crippen LogP contribution in [0.25, 0.3) is 0 Å². The minimum absolute atomic E-state index is 0.259. The maximum Gasteiger partial charge on any atom is 0.222 e. The predicted octanol–water partition coefficient (Wildman–Crippen LogP) is -2.43. The van der Waals surface area contributed by atoms with Crippen molar-refractivity contribution in [2.45, 2.75) is 63.2 Å². The Balaban J connectivity index is 2.65. The van der Waals surface area contributed by atoms with Crippen molar-refractivity contribution in [3.05, 3.63) is 0 Å². The summed E-state index contributed by atoms with van der Waals surface area (Å²) in [6, 6.07) is -1.00.